The fraction of sp³-hybridized carbons (Fsp3) is 0.500. The molecule has 1 aromatic rings. The maximum absolute atomic E-state index is 12.1. The van der Waals surface area contributed by atoms with Crippen LogP contribution in [0, 0.1) is 0 Å². The maximum Gasteiger partial charge on any atom is 0.227 e. The summed E-state index contributed by atoms with van der Waals surface area (Å²) in [6, 6.07) is 7.62. The summed E-state index contributed by atoms with van der Waals surface area (Å²) in [7, 11) is 1.63. The van der Waals surface area contributed by atoms with Crippen LogP contribution in [0.25, 0.3) is 0 Å². The Bertz CT molecular complexity index is 402. The van der Waals surface area contributed by atoms with E-state index in [0.717, 1.165) is 11.3 Å². The average molecular weight is 249 g/mol. The van der Waals surface area contributed by atoms with E-state index >= 15 is 0 Å². The second-order valence-corrected chi connectivity index (χ2v) is 4.55. The summed E-state index contributed by atoms with van der Waals surface area (Å²) in [4.78, 5) is 14.0. The first-order valence-electron chi connectivity index (χ1n) is 6.21. The van der Waals surface area contributed by atoms with Crippen molar-refractivity contribution in [1.82, 2.24) is 4.90 Å². The first-order chi connectivity index (χ1) is 8.69. The topological polar surface area (TPSA) is 38.8 Å². The van der Waals surface area contributed by atoms with Crippen molar-refractivity contribution in [3.63, 3.8) is 0 Å². The Morgan fingerprint density at radius 1 is 1.44 bits per heavy atom. The van der Waals surface area contributed by atoms with E-state index in [1.807, 2.05) is 36.1 Å². The van der Waals surface area contributed by atoms with Crippen molar-refractivity contribution in [3.05, 3.63) is 29.8 Å². The quantitative estimate of drug-likeness (QED) is 0.814. The molecule has 1 aromatic carbocycles. The molecule has 1 aliphatic rings. The van der Waals surface area contributed by atoms with Gasteiger partial charge < -0.3 is 14.4 Å². The third kappa shape index (κ3) is 3.23. The zero-order chi connectivity index (χ0) is 13.0. The summed E-state index contributed by atoms with van der Waals surface area (Å²) >= 11 is 0. The third-order valence-electron chi connectivity index (χ3n) is 3.11. The highest BCUT2D eigenvalue weighted by Gasteiger charge is 2.21. The predicted octanol–water partition coefficient (Wildman–Crippen LogP) is 1.49. The van der Waals surface area contributed by atoms with Gasteiger partial charge in [0.2, 0.25) is 5.91 Å². The van der Waals surface area contributed by atoms with Gasteiger partial charge >= 0.3 is 0 Å². The van der Waals surface area contributed by atoms with Gasteiger partial charge in [0.25, 0.3) is 0 Å². The number of morpholine rings is 1. The van der Waals surface area contributed by atoms with Crippen molar-refractivity contribution >= 4 is 5.91 Å². The normalized spacial score (nSPS) is 19.7. The summed E-state index contributed by atoms with van der Waals surface area (Å²) in [5.74, 6) is 0.974. The van der Waals surface area contributed by atoms with Crippen LogP contribution in [-0.2, 0) is 16.0 Å². The molecule has 1 aliphatic heterocycles. The predicted molar refractivity (Wildman–Crippen MR) is 68.7 cm³/mol. The molecule has 0 saturated carbocycles. The average Bonchev–Trinajstić information content (AvgIpc) is 2.39. The summed E-state index contributed by atoms with van der Waals surface area (Å²) in [6.07, 6.45) is 0.579. The molecule has 0 aliphatic carbocycles. The van der Waals surface area contributed by atoms with Crippen molar-refractivity contribution in [1.29, 1.82) is 0 Å². The van der Waals surface area contributed by atoms with Crippen LogP contribution in [0.15, 0.2) is 24.3 Å². The lowest BCUT2D eigenvalue weighted by Gasteiger charge is -2.31. The number of carbonyl (C=O) groups excluding carboxylic acids is 1. The Morgan fingerprint density at radius 3 is 2.78 bits per heavy atom. The smallest absolute Gasteiger partial charge is 0.227 e. The molecule has 1 saturated heterocycles. The maximum atomic E-state index is 12.1. The van der Waals surface area contributed by atoms with E-state index < -0.39 is 0 Å². The SMILES string of the molecule is COc1ccc(CC(=O)N2CCOC(C)C2)cc1. The van der Waals surface area contributed by atoms with E-state index in [0.29, 0.717) is 26.1 Å². The number of carbonyl (C=O) groups is 1. The fourth-order valence-corrected chi connectivity index (χ4v) is 2.07. The molecule has 0 N–H and O–H groups in total. The number of benzene rings is 1. The Kier molecular flexibility index (Phi) is 4.20. The lowest BCUT2D eigenvalue weighted by molar-refractivity contribution is -0.137. The number of hydrogen-bond donors (Lipinski definition) is 0. The molecular formula is C14H19NO3. The van der Waals surface area contributed by atoms with Crippen LogP contribution in [0.4, 0.5) is 0 Å². The minimum absolute atomic E-state index is 0.138. The van der Waals surface area contributed by atoms with Gasteiger partial charge in [0, 0.05) is 13.1 Å². The molecule has 1 heterocycles. The van der Waals surface area contributed by atoms with Crippen molar-refractivity contribution < 1.29 is 14.3 Å². The van der Waals surface area contributed by atoms with E-state index in [-0.39, 0.29) is 12.0 Å². The Hall–Kier alpha value is -1.55. The number of rotatable bonds is 3. The molecule has 2 rings (SSSR count). The summed E-state index contributed by atoms with van der Waals surface area (Å²) in [6.45, 7) is 4.01. The molecule has 0 bridgehead atoms. The highest BCUT2D eigenvalue weighted by Crippen LogP contribution is 2.13. The van der Waals surface area contributed by atoms with Crippen molar-refractivity contribution in [2.24, 2.45) is 0 Å². The van der Waals surface area contributed by atoms with Gasteiger partial charge in [0.05, 0.1) is 26.2 Å². The van der Waals surface area contributed by atoms with Gasteiger partial charge in [-0.3, -0.25) is 4.79 Å². The van der Waals surface area contributed by atoms with Crippen molar-refractivity contribution in [2.45, 2.75) is 19.4 Å². The molecule has 1 fully saturated rings. The van der Waals surface area contributed by atoms with Crippen LogP contribution < -0.4 is 4.74 Å². The van der Waals surface area contributed by atoms with E-state index in [2.05, 4.69) is 0 Å². The first-order valence-corrected chi connectivity index (χ1v) is 6.21. The highest BCUT2D eigenvalue weighted by molar-refractivity contribution is 5.78. The van der Waals surface area contributed by atoms with Gasteiger partial charge in [-0.05, 0) is 24.6 Å². The number of nitrogens with zero attached hydrogens (tertiary/aromatic N) is 1. The van der Waals surface area contributed by atoms with E-state index in [1.165, 1.54) is 0 Å². The highest BCUT2D eigenvalue weighted by atomic mass is 16.5. The molecule has 4 heteroatoms. The third-order valence-corrected chi connectivity index (χ3v) is 3.11. The van der Waals surface area contributed by atoms with Gasteiger partial charge in [0.15, 0.2) is 0 Å². The fourth-order valence-electron chi connectivity index (χ4n) is 2.07. The Labute approximate surface area is 107 Å². The zero-order valence-corrected chi connectivity index (χ0v) is 10.9. The van der Waals surface area contributed by atoms with Crippen LogP contribution in [-0.4, -0.2) is 43.7 Å². The number of hydrogen-bond acceptors (Lipinski definition) is 3. The minimum Gasteiger partial charge on any atom is -0.497 e. The van der Waals surface area contributed by atoms with Gasteiger partial charge in [-0.2, -0.15) is 0 Å². The van der Waals surface area contributed by atoms with Gasteiger partial charge in [0.1, 0.15) is 5.75 Å². The first kappa shape index (κ1) is 12.9. The van der Waals surface area contributed by atoms with Gasteiger partial charge in [-0.1, -0.05) is 12.1 Å². The minimum atomic E-state index is 0.138. The van der Waals surface area contributed by atoms with Crippen LogP contribution in [0.1, 0.15) is 12.5 Å². The summed E-state index contributed by atoms with van der Waals surface area (Å²) in [5, 5.41) is 0. The molecule has 98 valence electrons. The van der Waals surface area contributed by atoms with Crippen LogP contribution in [0.5, 0.6) is 5.75 Å². The van der Waals surface area contributed by atoms with Crippen molar-refractivity contribution in [3.8, 4) is 5.75 Å². The van der Waals surface area contributed by atoms with E-state index in [1.54, 1.807) is 7.11 Å². The van der Waals surface area contributed by atoms with E-state index in [9.17, 15) is 4.79 Å². The lowest BCUT2D eigenvalue weighted by Crippen LogP contribution is -2.45. The molecule has 1 atom stereocenters. The monoisotopic (exact) mass is 249 g/mol. The summed E-state index contributed by atoms with van der Waals surface area (Å²) < 4.78 is 10.5. The number of amides is 1. The zero-order valence-electron chi connectivity index (χ0n) is 10.9. The van der Waals surface area contributed by atoms with Crippen LogP contribution >= 0.6 is 0 Å². The lowest BCUT2D eigenvalue weighted by atomic mass is 10.1. The Morgan fingerprint density at radius 2 is 2.17 bits per heavy atom. The van der Waals surface area contributed by atoms with Gasteiger partial charge in [-0.15, -0.1) is 0 Å². The molecule has 18 heavy (non-hydrogen) atoms. The molecule has 1 amide bonds. The van der Waals surface area contributed by atoms with Gasteiger partial charge in [-0.25, -0.2) is 0 Å². The molecule has 0 aromatic heterocycles. The second-order valence-electron chi connectivity index (χ2n) is 4.55. The molecule has 0 radical (unpaired) electrons. The number of ether oxygens (including phenoxy) is 2. The molecular weight excluding hydrogens is 230 g/mol. The van der Waals surface area contributed by atoms with Crippen LogP contribution in [0.2, 0.25) is 0 Å². The van der Waals surface area contributed by atoms with Crippen molar-refractivity contribution in [2.75, 3.05) is 26.8 Å². The standard InChI is InChI=1S/C14H19NO3/c1-11-10-15(7-8-18-11)14(16)9-12-3-5-13(17-2)6-4-12/h3-6,11H,7-10H2,1-2H3. The molecule has 4 nitrogen and oxygen atoms in total. The number of methoxy groups -OCH3 is 1. The summed E-state index contributed by atoms with van der Waals surface area (Å²) in [5.41, 5.74) is 1.01. The Balaban J connectivity index is 1.93. The molecule has 1 unspecified atom stereocenters. The van der Waals surface area contributed by atoms with Crippen LogP contribution in [0.3, 0.4) is 0 Å². The van der Waals surface area contributed by atoms with E-state index in [4.69, 9.17) is 9.47 Å². The largest absolute Gasteiger partial charge is 0.497 e. The molecule has 0 spiro atoms. The second kappa shape index (κ2) is 5.87.